The average molecular weight is 166 g/mol. The Bertz CT molecular complexity index is 258. The van der Waals surface area contributed by atoms with Gasteiger partial charge in [0.15, 0.2) is 0 Å². The van der Waals surface area contributed by atoms with E-state index in [1.54, 1.807) is 0 Å². The number of aliphatic hydroxyl groups is 1. The van der Waals surface area contributed by atoms with E-state index in [-0.39, 0.29) is 5.60 Å². The molecule has 0 aliphatic heterocycles. The molecule has 0 heterocycles. The molecule has 0 aromatic rings. The number of hydrogen-bond donors (Lipinski definition) is 1. The molecule has 1 heteroatoms. The summed E-state index contributed by atoms with van der Waals surface area (Å²) in [5.74, 6) is 1.58. The lowest BCUT2D eigenvalue weighted by atomic mass is 9.89. The van der Waals surface area contributed by atoms with Crippen molar-refractivity contribution in [1.29, 1.82) is 0 Å². The van der Waals surface area contributed by atoms with E-state index in [4.69, 9.17) is 0 Å². The predicted octanol–water partition coefficient (Wildman–Crippen LogP) is 2.19. The maximum absolute atomic E-state index is 10.3. The molecule has 4 unspecified atom stereocenters. The molecule has 1 N–H and O–H groups in total. The van der Waals surface area contributed by atoms with E-state index in [0.29, 0.717) is 10.8 Å². The topological polar surface area (TPSA) is 20.2 Å². The van der Waals surface area contributed by atoms with Crippen molar-refractivity contribution in [1.82, 2.24) is 0 Å². The Kier molecular flexibility index (Phi) is 0.919. The molecule has 3 aliphatic rings. The SMILES string of the molecule is CC1CC2C(C)(C)C23CC3(O)C1. The summed E-state index contributed by atoms with van der Waals surface area (Å²) in [5.41, 5.74) is 0.595. The number of rotatable bonds is 0. The Balaban J connectivity index is 1.99. The molecule has 0 bridgehead atoms. The molecule has 12 heavy (non-hydrogen) atoms. The second-order valence-corrected chi connectivity index (χ2v) is 6.00. The highest BCUT2D eigenvalue weighted by molar-refractivity contribution is 5.39. The van der Waals surface area contributed by atoms with Gasteiger partial charge in [-0.15, -0.1) is 0 Å². The molecule has 1 nitrogen and oxygen atoms in total. The van der Waals surface area contributed by atoms with Crippen LogP contribution in [0.4, 0.5) is 0 Å². The van der Waals surface area contributed by atoms with Gasteiger partial charge >= 0.3 is 0 Å². The maximum Gasteiger partial charge on any atom is 0.0722 e. The van der Waals surface area contributed by atoms with Crippen LogP contribution in [0.15, 0.2) is 0 Å². The molecule has 68 valence electrons. The molecule has 3 saturated carbocycles. The van der Waals surface area contributed by atoms with Crippen molar-refractivity contribution < 1.29 is 5.11 Å². The van der Waals surface area contributed by atoms with Crippen LogP contribution in [0.3, 0.4) is 0 Å². The summed E-state index contributed by atoms with van der Waals surface area (Å²) in [4.78, 5) is 0. The van der Waals surface area contributed by atoms with E-state index in [1.165, 1.54) is 6.42 Å². The average Bonchev–Trinajstić information content (AvgIpc) is 2.64. The van der Waals surface area contributed by atoms with Gasteiger partial charge in [0.25, 0.3) is 0 Å². The van der Waals surface area contributed by atoms with E-state index in [1.807, 2.05) is 0 Å². The van der Waals surface area contributed by atoms with Crippen LogP contribution in [0.2, 0.25) is 0 Å². The second kappa shape index (κ2) is 1.50. The van der Waals surface area contributed by atoms with Gasteiger partial charge in [-0.25, -0.2) is 0 Å². The Morgan fingerprint density at radius 2 is 2.00 bits per heavy atom. The highest BCUT2D eigenvalue weighted by Crippen LogP contribution is 2.90. The monoisotopic (exact) mass is 166 g/mol. The van der Waals surface area contributed by atoms with Crippen LogP contribution < -0.4 is 0 Å². The smallest absolute Gasteiger partial charge is 0.0722 e. The zero-order valence-corrected chi connectivity index (χ0v) is 8.22. The normalized spacial score (nSPS) is 65.0. The summed E-state index contributed by atoms with van der Waals surface area (Å²) in [6, 6.07) is 0. The summed E-state index contributed by atoms with van der Waals surface area (Å²) in [5, 5.41) is 10.3. The molecule has 0 amide bonds. The highest BCUT2D eigenvalue weighted by Gasteiger charge is 2.90. The van der Waals surface area contributed by atoms with Crippen LogP contribution in [0, 0.1) is 22.7 Å². The molecule has 3 fully saturated rings. The summed E-state index contributed by atoms with van der Waals surface area (Å²) in [6.07, 6.45) is 3.52. The van der Waals surface area contributed by atoms with Gasteiger partial charge in [0, 0.05) is 5.41 Å². The first-order valence-corrected chi connectivity index (χ1v) is 5.16. The fourth-order valence-electron chi connectivity index (χ4n) is 4.47. The second-order valence-electron chi connectivity index (χ2n) is 6.00. The van der Waals surface area contributed by atoms with Crippen LogP contribution in [0.25, 0.3) is 0 Å². The van der Waals surface area contributed by atoms with E-state index in [0.717, 1.165) is 24.7 Å². The Labute approximate surface area is 74.2 Å². The lowest BCUT2D eigenvalue weighted by Crippen LogP contribution is -2.21. The van der Waals surface area contributed by atoms with Crippen molar-refractivity contribution in [3.8, 4) is 0 Å². The van der Waals surface area contributed by atoms with Gasteiger partial charge in [-0.3, -0.25) is 0 Å². The van der Waals surface area contributed by atoms with Crippen molar-refractivity contribution >= 4 is 0 Å². The van der Waals surface area contributed by atoms with Crippen molar-refractivity contribution in [2.75, 3.05) is 0 Å². The van der Waals surface area contributed by atoms with Crippen molar-refractivity contribution in [2.24, 2.45) is 22.7 Å². The lowest BCUT2D eigenvalue weighted by Gasteiger charge is -2.21. The Morgan fingerprint density at radius 1 is 1.33 bits per heavy atom. The van der Waals surface area contributed by atoms with Gasteiger partial charge in [0.05, 0.1) is 5.60 Å². The van der Waals surface area contributed by atoms with Gasteiger partial charge in [-0.1, -0.05) is 20.8 Å². The zero-order valence-electron chi connectivity index (χ0n) is 8.22. The first-order valence-electron chi connectivity index (χ1n) is 5.16. The maximum atomic E-state index is 10.3. The Hall–Kier alpha value is -0.0400. The molecule has 4 atom stereocenters. The third kappa shape index (κ3) is 0.477. The van der Waals surface area contributed by atoms with Crippen LogP contribution in [-0.4, -0.2) is 10.7 Å². The van der Waals surface area contributed by atoms with Gasteiger partial charge in [-0.05, 0) is 36.5 Å². The van der Waals surface area contributed by atoms with Gasteiger partial charge in [0.1, 0.15) is 0 Å². The molecule has 0 aromatic heterocycles. The first kappa shape index (κ1) is 7.37. The Morgan fingerprint density at radius 3 is 2.58 bits per heavy atom. The summed E-state index contributed by atoms with van der Waals surface area (Å²) in [7, 11) is 0. The summed E-state index contributed by atoms with van der Waals surface area (Å²) < 4.78 is 0. The third-order valence-corrected chi connectivity index (χ3v) is 5.13. The summed E-state index contributed by atoms with van der Waals surface area (Å²) >= 11 is 0. The third-order valence-electron chi connectivity index (χ3n) is 5.13. The van der Waals surface area contributed by atoms with Crippen LogP contribution in [0.5, 0.6) is 0 Å². The lowest BCUT2D eigenvalue weighted by molar-refractivity contribution is 0.0730. The summed E-state index contributed by atoms with van der Waals surface area (Å²) in [6.45, 7) is 6.97. The van der Waals surface area contributed by atoms with Gasteiger partial charge in [-0.2, -0.15) is 0 Å². The van der Waals surface area contributed by atoms with E-state index in [9.17, 15) is 5.11 Å². The molecular formula is C11H18O. The molecule has 3 rings (SSSR count). The van der Waals surface area contributed by atoms with E-state index < -0.39 is 0 Å². The quantitative estimate of drug-likeness (QED) is 0.585. The minimum Gasteiger partial charge on any atom is -0.389 e. The predicted molar refractivity (Wildman–Crippen MR) is 47.7 cm³/mol. The molecule has 0 saturated heterocycles. The van der Waals surface area contributed by atoms with Crippen LogP contribution >= 0.6 is 0 Å². The van der Waals surface area contributed by atoms with Gasteiger partial charge < -0.3 is 5.11 Å². The minimum absolute atomic E-state index is 0.237. The van der Waals surface area contributed by atoms with Crippen molar-refractivity contribution in [2.45, 2.75) is 45.6 Å². The fourth-order valence-corrected chi connectivity index (χ4v) is 4.47. The van der Waals surface area contributed by atoms with Crippen molar-refractivity contribution in [3.05, 3.63) is 0 Å². The molecule has 0 radical (unpaired) electrons. The molecule has 0 aromatic carbocycles. The molecular weight excluding hydrogens is 148 g/mol. The fraction of sp³-hybridized carbons (Fsp3) is 1.00. The van der Waals surface area contributed by atoms with Gasteiger partial charge in [0.2, 0.25) is 0 Å². The van der Waals surface area contributed by atoms with Crippen molar-refractivity contribution in [3.63, 3.8) is 0 Å². The first-order chi connectivity index (χ1) is 5.44. The molecule has 1 spiro atoms. The highest BCUT2D eigenvalue weighted by atomic mass is 16.3. The largest absolute Gasteiger partial charge is 0.389 e. The standard InChI is InChI=1S/C11H18O/c1-7-4-8-9(2,3)11(8)6-10(11,12)5-7/h7-8,12H,4-6H2,1-3H3. The van der Waals surface area contributed by atoms with Crippen LogP contribution in [0.1, 0.15) is 40.0 Å². The minimum atomic E-state index is -0.237. The molecule has 3 aliphatic carbocycles. The number of hydrogen-bond acceptors (Lipinski definition) is 1. The zero-order chi connectivity index (χ0) is 8.78. The van der Waals surface area contributed by atoms with Crippen LogP contribution in [-0.2, 0) is 0 Å². The van der Waals surface area contributed by atoms with E-state index in [2.05, 4.69) is 20.8 Å². The van der Waals surface area contributed by atoms with E-state index >= 15 is 0 Å².